The highest BCUT2D eigenvalue weighted by atomic mass is 32.2. The fraction of sp³-hybridized carbons (Fsp3) is 0.387. The second kappa shape index (κ2) is 11.0. The van der Waals surface area contributed by atoms with E-state index in [2.05, 4.69) is 67.3 Å². The normalized spacial score (nSPS) is 22.5. The molecule has 5 rings (SSSR count). The maximum Gasteiger partial charge on any atom is 0.244 e. The van der Waals surface area contributed by atoms with E-state index in [1.807, 2.05) is 0 Å². The van der Waals surface area contributed by atoms with Gasteiger partial charge in [0.15, 0.2) is 0 Å². The Morgan fingerprint density at radius 1 is 0.974 bits per heavy atom. The van der Waals surface area contributed by atoms with Gasteiger partial charge in [0.2, 0.25) is 10.0 Å². The van der Waals surface area contributed by atoms with Gasteiger partial charge in [0, 0.05) is 38.2 Å². The molecule has 6 nitrogen and oxygen atoms in total. The summed E-state index contributed by atoms with van der Waals surface area (Å²) in [5.41, 5.74) is 6.37. The third-order valence-corrected chi connectivity index (χ3v) is 10.2. The highest BCUT2D eigenvalue weighted by molar-refractivity contribution is 7.89. The van der Waals surface area contributed by atoms with Crippen molar-refractivity contribution >= 4 is 10.0 Å². The third-order valence-electron chi connectivity index (χ3n) is 8.32. The maximum atomic E-state index is 13.8. The van der Waals surface area contributed by atoms with E-state index in [0.29, 0.717) is 19.7 Å². The molecule has 2 fully saturated rings. The van der Waals surface area contributed by atoms with Crippen molar-refractivity contribution in [1.29, 1.82) is 5.26 Å². The zero-order valence-corrected chi connectivity index (χ0v) is 23.1. The second-order valence-corrected chi connectivity index (χ2v) is 12.3. The first-order valence-corrected chi connectivity index (χ1v) is 14.7. The molecule has 0 amide bonds. The average Bonchev–Trinajstić information content (AvgIpc) is 2.91. The zero-order chi connectivity index (χ0) is 26.9. The van der Waals surface area contributed by atoms with Gasteiger partial charge in [-0.2, -0.15) is 9.57 Å². The van der Waals surface area contributed by atoms with Gasteiger partial charge < -0.3 is 4.74 Å². The number of hydrogen-bond donors (Lipinski definition) is 0. The molecule has 2 heterocycles. The molecular formula is C31H35N3O3S. The van der Waals surface area contributed by atoms with E-state index in [1.54, 1.807) is 35.7 Å². The van der Waals surface area contributed by atoms with Gasteiger partial charge in [-0.3, -0.25) is 4.90 Å². The predicted octanol–water partition coefficient (Wildman–Crippen LogP) is 5.11. The number of aryl methyl sites for hydroxylation is 1. The van der Waals surface area contributed by atoms with E-state index in [1.165, 1.54) is 27.8 Å². The molecule has 2 aliphatic rings. The van der Waals surface area contributed by atoms with E-state index < -0.39 is 10.0 Å². The van der Waals surface area contributed by atoms with Crippen LogP contribution in [-0.4, -0.2) is 63.1 Å². The lowest BCUT2D eigenvalue weighted by atomic mass is 9.74. The van der Waals surface area contributed by atoms with Crippen LogP contribution < -0.4 is 0 Å². The van der Waals surface area contributed by atoms with Crippen LogP contribution in [0.5, 0.6) is 0 Å². The summed E-state index contributed by atoms with van der Waals surface area (Å²) < 4.78 is 34.7. The standard InChI is InChI=1S/C31H35N3O3S/c1-22-9-8-11-27(23(22)2)24-13-15-25(16-14-24)31-28-20-33(17-6-7-18-34(28)29(31)21-37-3)38(35,36)30-12-5-4-10-26(30)19-32/h4-5,8-16,28-29,31H,6-7,17-18,20-21H2,1-3H3/t28?,29-,31?/m1/s1. The van der Waals surface area contributed by atoms with Gasteiger partial charge >= 0.3 is 0 Å². The Balaban J connectivity index is 1.46. The Morgan fingerprint density at radius 2 is 1.71 bits per heavy atom. The third kappa shape index (κ3) is 4.78. The van der Waals surface area contributed by atoms with Crippen LogP contribution >= 0.6 is 0 Å². The van der Waals surface area contributed by atoms with Gasteiger partial charge in [0.1, 0.15) is 6.07 Å². The molecule has 7 heteroatoms. The number of benzene rings is 3. The number of hydrogen-bond acceptors (Lipinski definition) is 5. The first-order valence-electron chi connectivity index (χ1n) is 13.3. The summed E-state index contributed by atoms with van der Waals surface area (Å²) in [6.45, 7) is 6.67. The van der Waals surface area contributed by atoms with E-state index in [4.69, 9.17) is 4.74 Å². The first-order chi connectivity index (χ1) is 18.4. The summed E-state index contributed by atoms with van der Waals surface area (Å²) in [4.78, 5) is 2.52. The fourth-order valence-electron chi connectivity index (χ4n) is 6.15. The molecule has 0 radical (unpaired) electrons. The van der Waals surface area contributed by atoms with Gasteiger partial charge in [-0.25, -0.2) is 8.42 Å². The Labute approximate surface area is 226 Å². The lowest BCUT2D eigenvalue weighted by Crippen LogP contribution is -2.68. The number of nitrogens with zero attached hydrogens (tertiary/aromatic N) is 3. The van der Waals surface area contributed by atoms with Crippen LogP contribution in [0.2, 0.25) is 0 Å². The summed E-state index contributed by atoms with van der Waals surface area (Å²) in [7, 11) is -2.07. The summed E-state index contributed by atoms with van der Waals surface area (Å²) in [6.07, 6.45) is 1.70. The molecule has 3 aromatic rings. The van der Waals surface area contributed by atoms with Crippen LogP contribution in [0.4, 0.5) is 0 Å². The van der Waals surface area contributed by atoms with Crippen molar-refractivity contribution in [3.8, 4) is 17.2 Å². The van der Waals surface area contributed by atoms with Gasteiger partial charge in [-0.05, 0) is 73.2 Å². The minimum atomic E-state index is -3.80. The topological polar surface area (TPSA) is 73.6 Å². The molecule has 0 aliphatic carbocycles. The quantitative estimate of drug-likeness (QED) is 0.444. The molecule has 0 bridgehead atoms. The number of nitriles is 1. The number of sulfonamides is 1. The maximum absolute atomic E-state index is 13.8. The molecule has 3 aromatic carbocycles. The number of ether oxygens (including phenoxy) is 1. The monoisotopic (exact) mass is 529 g/mol. The van der Waals surface area contributed by atoms with Gasteiger partial charge in [0.25, 0.3) is 0 Å². The van der Waals surface area contributed by atoms with E-state index in [-0.39, 0.29) is 28.5 Å². The lowest BCUT2D eigenvalue weighted by Gasteiger charge is -2.57. The molecule has 0 saturated carbocycles. The summed E-state index contributed by atoms with van der Waals surface area (Å²) >= 11 is 0. The van der Waals surface area contributed by atoms with E-state index >= 15 is 0 Å². The lowest BCUT2D eigenvalue weighted by molar-refractivity contribution is -0.0635. The predicted molar refractivity (Wildman–Crippen MR) is 149 cm³/mol. The minimum Gasteiger partial charge on any atom is -0.383 e. The number of methoxy groups -OCH3 is 1. The number of fused-ring (bicyclic) bond motifs is 1. The molecule has 2 saturated heterocycles. The van der Waals surface area contributed by atoms with Gasteiger partial charge in [-0.15, -0.1) is 0 Å². The van der Waals surface area contributed by atoms with Crippen molar-refractivity contribution in [2.45, 2.75) is 49.6 Å². The van der Waals surface area contributed by atoms with Crippen molar-refractivity contribution in [2.24, 2.45) is 0 Å². The first kappa shape index (κ1) is 26.6. The zero-order valence-electron chi connectivity index (χ0n) is 22.3. The van der Waals surface area contributed by atoms with Gasteiger partial charge in [0.05, 0.1) is 17.1 Å². The smallest absolute Gasteiger partial charge is 0.244 e. The average molecular weight is 530 g/mol. The van der Waals surface area contributed by atoms with Crippen LogP contribution in [0.15, 0.2) is 71.6 Å². The fourth-order valence-corrected chi connectivity index (χ4v) is 7.79. The van der Waals surface area contributed by atoms with Crippen LogP contribution in [0.3, 0.4) is 0 Å². The second-order valence-electron chi connectivity index (χ2n) is 10.4. The molecule has 2 aliphatic heterocycles. The number of rotatable bonds is 6. The van der Waals surface area contributed by atoms with Crippen molar-refractivity contribution in [1.82, 2.24) is 9.21 Å². The van der Waals surface area contributed by atoms with Gasteiger partial charge in [-0.1, -0.05) is 54.6 Å². The largest absolute Gasteiger partial charge is 0.383 e. The van der Waals surface area contributed by atoms with Crippen molar-refractivity contribution < 1.29 is 13.2 Å². The van der Waals surface area contributed by atoms with Crippen LogP contribution in [0.25, 0.3) is 11.1 Å². The Bertz CT molecular complexity index is 1450. The summed E-state index contributed by atoms with van der Waals surface area (Å²) in [5.74, 6) is 0.157. The van der Waals surface area contributed by atoms with Crippen molar-refractivity contribution in [2.75, 3.05) is 33.4 Å². The van der Waals surface area contributed by atoms with Crippen LogP contribution in [-0.2, 0) is 14.8 Å². The molecule has 0 spiro atoms. The molecule has 0 aromatic heterocycles. The molecule has 198 valence electrons. The molecule has 3 atom stereocenters. The summed E-state index contributed by atoms with van der Waals surface area (Å²) in [6, 6.07) is 24.0. The van der Waals surface area contributed by atoms with Crippen LogP contribution in [0.1, 0.15) is 41.0 Å². The Kier molecular flexibility index (Phi) is 7.69. The van der Waals surface area contributed by atoms with Crippen LogP contribution in [0, 0.1) is 25.2 Å². The summed E-state index contributed by atoms with van der Waals surface area (Å²) in [5, 5.41) is 9.55. The Hall–Kier alpha value is -3.02. The minimum absolute atomic E-state index is 0.0472. The SMILES string of the molecule is COC[C@@H]1C(c2ccc(-c3cccc(C)c3C)cc2)C2CN(S(=O)(=O)c3ccccc3C#N)CCCCN21. The van der Waals surface area contributed by atoms with Crippen molar-refractivity contribution in [3.63, 3.8) is 0 Å². The van der Waals surface area contributed by atoms with Crippen molar-refractivity contribution in [3.05, 3.63) is 89.0 Å². The van der Waals surface area contributed by atoms with E-state index in [0.717, 1.165) is 19.4 Å². The highest BCUT2D eigenvalue weighted by Gasteiger charge is 2.50. The molecule has 38 heavy (non-hydrogen) atoms. The highest BCUT2D eigenvalue weighted by Crippen LogP contribution is 2.43. The van der Waals surface area contributed by atoms with E-state index in [9.17, 15) is 13.7 Å². The molecule has 0 N–H and O–H groups in total. The molecule has 2 unspecified atom stereocenters. The Morgan fingerprint density at radius 3 is 2.45 bits per heavy atom. The molecular weight excluding hydrogens is 494 g/mol.